The number of hydrogen-bond acceptors (Lipinski definition) is 4. The van der Waals surface area contributed by atoms with Crippen LogP contribution in [0, 0.1) is 23.7 Å². The smallest absolute Gasteiger partial charge is 0.240 e. The van der Waals surface area contributed by atoms with Crippen LogP contribution in [0.3, 0.4) is 0 Å². The van der Waals surface area contributed by atoms with Crippen LogP contribution in [0.2, 0.25) is 0 Å². The van der Waals surface area contributed by atoms with Crippen LogP contribution in [0.15, 0.2) is 10.2 Å². The summed E-state index contributed by atoms with van der Waals surface area (Å²) in [5.41, 5.74) is 7.52. The Kier molecular flexibility index (Phi) is 4.37. The number of amides is 2. The fourth-order valence-corrected chi connectivity index (χ4v) is 4.93. The molecule has 0 heterocycles. The molecule has 6 nitrogen and oxygen atoms in total. The molecule has 4 saturated carbocycles. The average Bonchev–Trinajstić information content (AvgIpc) is 3.36. The second kappa shape index (κ2) is 6.65. The minimum absolute atomic E-state index is 0.160. The van der Waals surface area contributed by atoms with E-state index in [1.807, 2.05) is 0 Å². The van der Waals surface area contributed by atoms with E-state index in [0.717, 1.165) is 36.1 Å². The summed E-state index contributed by atoms with van der Waals surface area (Å²) in [5, 5.41) is 8.55. The van der Waals surface area contributed by atoms with Crippen molar-refractivity contribution < 1.29 is 9.59 Å². The maximum absolute atomic E-state index is 11.8. The third kappa shape index (κ3) is 3.37. The summed E-state index contributed by atoms with van der Waals surface area (Å²) in [6.07, 6.45) is 9.90. The second-order valence-electron chi connectivity index (χ2n) is 7.94. The van der Waals surface area contributed by atoms with E-state index >= 15 is 0 Å². The molecule has 24 heavy (non-hydrogen) atoms. The molecule has 4 aliphatic carbocycles. The van der Waals surface area contributed by atoms with E-state index in [9.17, 15) is 9.59 Å². The highest BCUT2D eigenvalue weighted by atomic mass is 16.2. The van der Waals surface area contributed by atoms with E-state index in [1.165, 1.54) is 38.5 Å². The highest BCUT2D eigenvalue weighted by Gasteiger charge is 2.37. The molecule has 0 unspecified atom stereocenters. The van der Waals surface area contributed by atoms with Crippen molar-refractivity contribution in [2.45, 2.75) is 64.2 Å². The number of fused-ring (bicyclic) bond motifs is 4. The van der Waals surface area contributed by atoms with Gasteiger partial charge in [-0.15, -0.1) is 0 Å². The van der Waals surface area contributed by atoms with Crippen LogP contribution in [-0.2, 0) is 9.59 Å². The molecule has 0 radical (unpaired) electrons. The number of carbonyl (C=O) groups is 2. The number of nitrogens with one attached hydrogen (secondary N) is 2. The van der Waals surface area contributed by atoms with Gasteiger partial charge in [0.05, 0.1) is 0 Å². The van der Waals surface area contributed by atoms with E-state index in [-0.39, 0.29) is 24.7 Å². The first-order valence-corrected chi connectivity index (χ1v) is 9.38. The van der Waals surface area contributed by atoms with Crippen LogP contribution < -0.4 is 10.9 Å². The Morgan fingerprint density at radius 3 is 1.58 bits per heavy atom. The predicted molar refractivity (Wildman–Crippen MR) is 91.3 cm³/mol. The molecule has 4 bridgehead atoms. The van der Waals surface area contributed by atoms with Gasteiger partial charge in [0.15, 0.2) is 0 Å². The van der Waals surface area contributed by atoms with Gasteiger partial charge in [-0.05, 0) is 75.0 Å². The highest BCUT2D eigenvalue weighted by molar-refractivity contribution is 5.92. The van der Waals surface area contributed by atoms with Gasteiger partial charge in [0, 0.05) is 24.3 Å². The summed E-state index contributed by atoms with van der Waals surface area (Å²) in [4.78, 5) is 23.7. The first-order valence-electron chi connectivity index (χ1n) is 9.38. The van der Waals surface area contributed by atoms with Crippen molar-refractivity contribution in [2.75, 3.05) is 0 Å². The predicted octanol–water partition coefficient (Wildman–Crippen LogP) is 2.35. The van der Waals surface area contributed by atoms with Gasteiger partial charge in [-0.3, -0.25) is 9.59 Å². The SMILES string of the molecule is O=C(CCC(=O)N/N=C1/C[C@@H]2CC[C@@H]1C2)N/N=C1/C[C@H]2CC[C@@H]1C2. The molecule has 0 aromatic carbocycles. The Balaban J connectivity index is 1.17. The van der Waals surface area contributed by atoms with Crippen molar-refractivity contribution in [3.63, 3.8) is 0 Å². The molecule has 0 aliphatic heterocycles. The topological polar surface area (TPSA) is 82.9 Å². The molecular formula is C18H26N4O2. The van der Waals surface area contributed by atoms with E-state index in [1.54, 1.807) is 0 Å². The number of hydrogen-bond donors (Lipinski definition) is 2. The van der Waals surface area contributed by atoms with Crippen molar-refractivity contribution in [3.05, 3.63) is 0 Å². The summed E-state index contributed by atoms with van der Waals surface area (Å²) in [7, 11) is 0. The normalized spacial score (nSPS) is 36.7. The summed E-state index contributed by atoms with van der Waals surface area (Å²) >= 11 is 0. The Hall–Kier alpha value is -1.72. The van der Waals surface area contributed by atoms with Crippen LogP contribution in [0.4, 0.5) is 0 Å². The highest BCUT2D eigenvalue weighted by Crippen LogP contribution is 2.43. The summed E-state index contributed by atoms with van der Waals surface area (Å²) in [6, 6.07) is 0. The zero-order valence-corrected chi connectivity index (χ0v) is 14.1. The molecule has 0 spiro atoms. The molecule has 4 rings (SSSR count). The van der Waals surface area contributed by atoms with Gasteiger partial charge in [-0.25, -0.2) is 10.9 Å². The molecule has 0 saturated heterocycles. The molecule has 6 heteroatoms. The number of hydrazone groups is 2. The molecule has 4 atom stereocenters. The largest absolute Gasteiger partial charge is 0.273 e. The van der Waals surface area contributed by atoms with Gasteiger partial charge >= 0.3 is 0 Å². The molecular weight excluding hydrogens is 304 g/mol. The lowest BCUT2D eigenvalue weighted by molar-refractivity contribution is -0.126. The zero-order valence-electron chi connectivity index (χ0n) is 14.1. The lowest BCUT2D eigenvalue weighted by Crippen LogP contribution is -2.25. The van der Waals surface area contributed by atoms with E-state index in [2.05, 4.69) is 21.1 Å². The minimum atomic E-state index is -0.187. The van der Waals surface area contributed by atoms with Gasteiger partial charge in [0.25, 0.3) is 0 Å². The van der Waals surface area contributed by atoms with Gasteiger partial charge in [0.1, 0.15) is 0 Å². The Morgan fingerprint density at radius 2 is 1.25 bits per heavy atom. The standard InChI is InChI=1S/C18H26N4O2/c23-17(21-19-15-9-11-1-3-13(15)7-11)5-6-18(24)22-20-16-10-12-2-4-14(16)8-12/h11-14H,1-10H2,(H,21,23)(H,22,24)/b19-15-,20-16-/t11-,12+,13-,14-/m1/s1. The molecule has 4 aliphatic rings. The lowest BCUT2D eigenvalue weighted by atomic mass is 9.99. The van der Waals surface area contributed by atoms with Gasteiger partial charge in [-0.2, -0.15) is 10.2 Å². The maximum Gasteiger partial charge on any atom is 0.240 e. The Morgan fingerprint density at radius 1 is 0.792 bits per heavy atom. The average molecular weight is 330 g/mol. The van der Waals surface area contributed by atoms with Crippen molar-refractivity contribution in [2.24, 2.45) is 33.9 Å². The molecule has 2 N–H and O–H groups in total. The molecule has 0 aromatic rings. The summed E-state index contributed by atoms with van der Waals surface area (Å²) in [6.45, 7) is 0. The first-order chi connectivity index (χ1) is 11.7. The third-order valence-electron chi connectivity index (χ3n) is 6.25. The first kappa shape index (κ1) is 15.8. The summed E-state index contributed by atoms with van der Waals surface area (Å²) < 4.78 is 0. The molecule has 130 valence electrons. The van der Waals surface area contributed by atoms with Gasteiger partial charge in [-0.1, -0.05) is 0 Å². The van der Waals surface area contributed by atoms with Crippen molar-refractivity contribution in [3.8, 4) is 0 Å². The van der Waals surface area contributed by atoms with Crippen LogP contribution in [-0.4, -0.2) is 23.2 Å². The van der Waals surface area contributed by atoms with Crippen molar-refractivity contribution in [1.29, 1.82) is 0 Å². The second-order valence-corrected chi connectivity index (χ2v) is 7.94. The van der Waals surface area contributed by atoms with E-state index in [4.69, 9.17) is 0 Å². The number of rotatable bonds is 5. The Labute approximate surface area is 142 Å². The number of carbonyl (C=O) groups excluding carboxylic acids is 2. The maximum atomic E-state index is 11.8. The fourth-order valence-electron chi connectivity index (χ4n) is 4.93. The van der Waals surface area contributed by atoms with Crippen LogP contribution >= 0.6 is 0 Å². The van der Waals surface area contributed by atoms with Crippen LogP contribution in [0.25, 0.3) is 0 Å². The van der Waals surface area contributed by atoms with E-state index in [0.29, 0.717) is 11.8 Å². The molecule has 4 fully saturated rings. The lowest BCUT2D eigenvalue weighted by Gasteiger charge is -2.12. The van der Waals surface area contributed by atoms with E-state index < -0.39 is 0 Å². The third-order valence-corrected chi connectivity index (χ3v) is 6.25. The Bertz CT molecular complexity index is 546. The summed E-state index contributed by atoms with van der Waals surface area (Å²) in [5.74, 6) is 2.34. The van der Waals surface area contributed by atoms with Crippen molar-refractivity contribution >= 4 is 23.2 Å². The molecule has 2 amide bonds. The monoisotopic (exact) mass is 330 g/mol. The van der Waals surface area contributed by atoms with Crippen LogP contribution in [0.1, 0.15) is 64.2 Å². The molecule has 0 aromatic heterocycles. The van der Waals surface area contributed by atoms with Crippen LogP contribution in [0.5, 0.6) is 0 Å². The number of nitrogens with zero attached hydrogens (tertiary/aromatic N) is 2. The van der Waals surface area contributed by atoms with Gasteiger partial charge in [0.2, 0.25) is 11.8 Å². The zero-order chi connectivity index (χ0) is 16.5. The minimum Gasteiger partial charge on any atom is -0.273 e. The van der Waals surface area contributed by atoms with Gasteiger partial charge < -0.3 is 0 Å². The fraction of sp³-hybridized carbons (Fsp3) is 0.778. The van der Waals surface area contributed by atoms with Crippen molar-refractivity contribution in [1.82, 2.24) is 10.9 Å². The quantitative estimate of drug-likeness (QED) is 0.759.